The van der Waals surface area contributed by atoms with Crippen LogP contribution in [0.25, 0.3) is 0 Å². The maximum absolute atomic E-state index is 12.2. The van der Waals surface area contributed by atoms with Gasteiger partial charge in [0.25, 0.3) is 0 Å². The molecule has 0 aliphatic heterocycles. The first-order chi connectivity index (χ1) is 12.0. The second-order valence-electron chi connectivity index (χ2n) is 5.72. The molecular weight excluding hydrogens is 338 g/mol. The van der Waals surface area contributed by atoms with Gasteiger partial charge in [-0.3, -0.25) is 9.59 Å². The van der Waals surface area contributed by atoms with Crippen molar-refractivity contribution in [2.75, 3.05) is 6.61 Å². The van der Waals surface area contributed by atoms with Gasteiger partial charge >= 0.3 is 0 Å². The Hall–Kier alpha value is -2.33. The molecule has 5 heteroatoms. The predicted octanol–water partition coefficient (Wildman–Crippen LogP) is 4.58. The van der Waals surface area contributed by atoms with Crippen molar-refractivity contribution in [2.24, 2.45) is 0 Å². The van der Waals surface area contributed by atoms with Crippen molar-refractivity contribution in [3.8, 4) is 5.75 Å². The fraction of sp³-hybridized carbons (Fsp3) is 0.300. The molecule has 0 spiro atoms. The Kier molecular flexibility index (Phi) is 7.02. The topological polar surface area (TPSA) is 55.4 Å². The molecule has 0 aromatic heterocycles. The largest absolute Gasteiger partial charge is 0.494 e. The highest BCUT2D eigenvalue weighted by Crippen LogP contribution is 2.18. The fourth-order valence-corrected chi connectivity index (χ4v) is 2.65. The van der Waals surface area contributed by atoms with Gasteiger partial charge in [-0.05, 0) is 55.8 Å². The van der Waals surface area contributed by atoms with Crippen molar-refractivity contribution < 1.29 is 14.3 Å². The Labute approximate surface area is 153 Å². The zero-order chi connectivity index (χ0) is 18.2. The van der Waals surface area contributed by atoms with Crippen LogP contribution >= 0.6 is 11.6 Å². The number of benzene rings is 2. The molecule has 25 heavy (non-hydrogen) atoms. The summed E-state index contributed by atoms with van der Waals surface area (Å²) < 4.78 is 5.35. The van der Waals surface area contributed by atoms with Crippen LogP contribution in [0.1, 0.15) is 48.7 Å². The third-order valence-corrected chi connectivity index (χ3v) is 4.03. The number of ketones is 1. The van der Waals surface area contributed by atoms with Crippen LogP contribution in [0.15, 0.2) is 48.5 Å². The van der Waals surface area contributed by atoms with E-state index in [9.17, 15) is 9.59 Å². The number of carbonyl (C=O) groups excluding carboxylic acids is 2. The monoisotopic (exact) mass is 359 g/mol. The average molecular weight is 360 g/mol. The zero-order valence-electron chi connectivity index (χ0n) is 14.4. The highest BCUT2D eigenvalue weighted by molar-refractivity contribution is 6.30. The molecular formula is C20H22ClNO3. The van der Waals surface area contributed by atoms with E-state index in [4.69, 9.17) is 16.3 Å². The van der Waals surface area contributed by atoms with E-state index in [1.54, 1.807) is 30.3 Å². The molecule has 0 fully saturated rings. The van der Waals surface area contributed by atoms with Crippen LogP contribution in [0.5, 0.6) is 5.75 Å². The molecule has 0 aliphatic carbocycles. The lowest BCUT2D eigenvalue weighted by Gasteiger charge is -2.14. The lowest BCUT2D eigenvalue weighted by Crippen LogP contribution is -2.26. The Morgan fingerprint density at radius 1 is 1.12 bits per heavy atom. The molecule has 2 aromatic carbocycles. The number of amides is 1. The van der Waals surface area contributed by atoms with E-state index < -0.39 is 0 Å². The SMILES string of the molecule is CCOc1ccc(C(=O)CCC(=O)NC(C)c2cccc(Cl)c2)cc1. The van der Waals surface area contributed by atoms with Gasteiger partial charge in [-0.1, -0.05) is 23.7 Å². The minimum absolute atomic E-state index is 0.0615. The van der Waals surface area contributed by atoms with Crippen LogP contribution < -0.4 is 10.1 Å². The minimum atomic E-state index is -0.160. The quantitative estimate of drug-likeness (QED) is 0.702. The van der Waals surface area contributed by atoms with Crippen molar-refractivity contribution in [2.45, 2.75) is 32.7 Å². The van der Waals surface area contributed by atoms with E-state index in [0.29, 0.717) is 17.2 Å². The third kappa shape index (κ3) is 5.91. The molecule has 0 heterocycles. The van der Waals surface area contributed by atoms with Gasteiger partial charge in [0.2, 0.25) is 5.91 Å². The standard InChI is InChI=1S/C20H22ClNO3/c1-3-25-18-9-7-15(8-10-18)19(23)11-12-20(24)22-14(2)16-5-4-6-17(21)13-16/h4-10,13-14H,3,11-12H2,1-2H3,(H,22,24). The third-order valence-electron chi connectivity index (χ3n) is 3.79. The van der Waals surface area contributed by atoms with Gasteiger partial charge in [0.15, 0.2) is 5.78 Å². The molecule has 1 N–H and O–H groups in total. The summed E-state index contributed by atoms with van der Waals surface area (Å²) in [4.78, 5) is 24.3. The summed E-state index contributed by atoms with van der Waals surface area (Å²) >= 11 is 5.96. The first kappa shape index (κ1) is 19.0. The zero-order valence-corrected chi connectivity index (χ0v) is 15.2. The Morgan fingerprint density at radius 3 is 2.48 bits per heavy atom. The smallest absolute Gasteiger partial charge is 0.220 e. The maximum Gasteiger partial charge on any atom is 0.220 e. The van der Waals surface area contributed by atoms with Crippen molar-refractivity contribution in [3.05, 3.63) is 64.7 Å². The van der Waals surface area contributed by atoms with Gasteiger partial charge < -0.3 is 10.1 Å². The lowest BCUT2D eigenvalue weighted by molar-refractivity contribution is -0.121. The van der Waals surface area contributed by atoms with Crippen LogP contribution in [-0.2, 0) is 4.79 Å². The van der Waals surface area contributed by atoms with Crippen molar-refractivity contribution in [3.63, 3.8) is 0 Å². The average Bonchev–Trinajstić information content (AvgIpc) is 2.60. The number of hydrogen-bond donors (Lipinski definition) is 1. The highest BCUT2D eigenvalue weighted by atomic mass is 35.5. The molecule has 1 unspecified atom stereocenters. The number of halogens is 1. The van der Waals surface area contributed by atoms with Crippen molar-refractivity contribution in [1.82, 2.24) is 5.32 Å². The van der Waals surface area contributed by atoms with Crippen molar-refractivity contribution >= 4 is 23.3 Å². The van der Waals surface area contributed by atoms with Crippen molar-refractivity contribution in [1.29, 1.82) is 0 Å². The van der Waals surface area contributed by atoms with Gasteiger partial charge in [-0.15, -0.1) is 0 Å². The van der Waals surface area contributed by atoms with Crippen LogP contribution in [0.3, 0.4) is 0 Å². The molecule has 2 aromatic rings. The van der Waals surface area contributed by atoms with Gasteiger partial charge in [0, 0.05) is 23.4 Å². The molecule has 1 atom stereocenters. The van der Waals surface area contributed by atoms with Gasteiger partial charge in [0.1, 0.15) is 5.75 Å². The lowest BCUT2D eigenvalue weighted by atomic mass is 10.1. The van der Waals surface area contributed by atoms with E-state index in [1.165, 1.54) is 0 Å². The summed E-state index contributed by atoms with van der Waals surface area (Å²) in [5.41, 5.74) is 1.51. The number of ether oxygens (including phenoxy) is 1. The molecule has 0 radical (unpaired) electrons. The van der Waals surface area contributed by atoms with Crippen LogP contribution in [0, 0.1) is 0 Å². The molecule has 0 saturated heterocycles. The Morgan fingerprint density at radius 2 is 1.84 bits per heavy atom. The number of hydrogen-bond acceptors (Lipinski definition) is 3. The summed E-state index contributed by atoms with van der Waals surface area (Å²) in [7, 11) is 0. The second kappa shape index (κ2) is 9.23. The van der Waals surface area contributed by atoms with Crippen LogP contribution in [-0.4, -0.2) is 18.3 Å². The summed E-state index contributed by atoms with van der Waals surface area (Å²) in [6.45, 7) is 4.37. The molecule has 0 saturated carbocycles. The number of nitrogens with one attached hydrogen (secondary N) is 1. The molecule has 4 nitrogen and oxygen atoms in total. The molecule has 0 aliphatic rings. The van der Waals surface area contributed by atoms with E-state index in [0.717, 1.165) is 11.3 Å². The predicted molar refractivity (Wildman–Crippen MR) is 99.2 cm³/mol. The summed E-state index contributed by atoms with van der Waals surface area (Å²) in [5.74, 6) is 0.507. The number of rotatable bonds is 8. The van der Waals surface area contributed by atoms with Crippen LogP contribution in [0.2, 0.25) is 5.02 Å². The van der Waals surface area contributed by atoms with Gasteiger partial charge in [-0.2, -0.15) is 0 Å². The number of carbonyl (C=O) groups is 2. The molecule has 0 bridgehead atoms. The first-order valence-corrected chi connectivity index (χ1v) is 8.68. The first-order valence-electron chi connectivity index (χ1n) is 8.30. The van der Waals surface area contributed by atoms with E-state index >= 15 is 0 Å². The number of Topliss-reactive ketones (excluding diaryl/α,β-unsaturated/α-hetero) is 1. The summed E-state index contributed by atoms with van der Waals surface area (Å²) in [6, 6.07) is 14.2. The molecule has 132 valence electrons. The van der Waals surface area contributed by atoms with Gasteiger partial charge in [0.05, 0.1) is 12.6 Å². The normalized spacial score (nSPS) is 11.6. The minimum Gasteiger partial charge on any atom is -0.494 e. The van der Waals surface area contributed by atoms with Crippen LogP contribution in [0.4, 0.5) is 0 Å². The second-order valence-corrected chi connectivity index (χ2v) is 6.16. The maximum atomic E-state index is 12.2. The van der Waals surface area contributed by atoms with E-state index in [1.807, 2.05) is 32.0 Å². The van der Waals surface area contributed by atoms with E-state index in [-0.39, 0.29) is 30.6 Å². The molecule has 1 amide bonds. The Bertz CT molecular complexity index is 728. The summed E-state index contributed by atoms with van der Waals surface area (Å²) in [5, 5.41) is 3.52. The molecule has 2 rings (SSSR count). The van der Waals surface area contributed by atoms with Gasteiger partial charge in [-0.25, -0.2) is 0 Å². The highest BCUT2D eigenvalue weighted by Gasteiger charge is 2.13. The summed E-state index contributed by atoms with van der Waals surface area (Å²) in [6.07, 6.45) is 0.318. The Balaban J connectivity index is 1.83. The van der Waals surface area contributed by atoms with E-state index in [2.05, 4.69) is 5.32 Å². The fourth-order valence-electron chi connectivity index (χ4n) is 2.45.